The van der Waals surface area contributed by atoms with E-state index in [-0.39, 0.29) is 18.4 Å². The Morgan fingerprint density at radius 2 is 1.81 bits per heavy atom. The molecule has 1 aliphatic rings. The number of carbonyl (C=O) groups is 1. The summed E-state index contributed by atoms with van der Waals surface area (Å²) in [5.74, 6) is -0.610. The molecule has 26 heavy (non-hydrogen) atoms. The molecule has 1 aliphatic heterocycles. The number of pyridine rings is 1. The zero-order valence-electron chi connectivity index (χ0n) is 14.9. The summed E-state index contributed by atoms with van der Waals surface area (Å²) in [6.45, 7) is 1.03. The van der Waals surface area contributed by atoms with Crippen molar-refractivity contribution in [2.24, 2.45) is 5.92 Å². The lowest BCUT2D eigenvalue weighted by molar-refractivity contribution is -0.134. The first kappa shape index (κ1) is 18.5. The van der Waals surface area contributed by atoms with Gasteiger partial charge in [0.05, 0.1) is 12.2 Å². The molecule has 1 saturated heterocycles. The van der Waals surface area contributed by atoms with Crippen molar-refractivity contribution >= 4 is 15.9 Å². The number of carbonyl (C=O) groups excluding carboxylic acids is 1. The molecule has 3 rings (SSSR count). The van der Waals surface area contributed by atoms with Crippen molar-refractivity contribution in [2.75, 3.05) is 26.4 Å². The van der Waals surface area contributed by atoms with Crippen molar-refractivity contribution in [3.05, 3.63) is 66.0 Å². The van der Waals surface area contributed by atoms with Crippen molar-refractivity contribution in [3.8, 4) is 0 Å². The zero-order valence-corrected chi connectivity index (χ0v) is 15.8. The quantitative estimate of drug-likeness (QED) is 0.800. The van der Waals surface area contributed by atoms with Gasteiger partial charge in [-0.2, -0.15) is 0 Å². The van der Waals surface area contributed by atoms with Crippen molar-refractivity contribution in [2.45, 2.75) is 12.5 Å². The van der Waals surface area contributed by atoms with E-state index in [2.05, 4.69) is 4.98 Å². The van der Waals surface area contributed by atoms with E-state index in [0.29, 0.717) is 13.1 Å². The van der Waals surface area contributed by atoms with Gasteiger partial charge in [-0.3, -0.25) is 9.78 Å². The standard InChI is InChI=1S/C19H23N3O3S/c1-21(12-15-6-4-3-5-7-15)19(23)18-14-22(26(2,24)25)13-17(18)16-8-10-20-11-9-16/h3-11,17-18H,12-14H2,1-2H3/t17-,18+/m0/s1. The van der Waals surface area contributed by atoms with E-state index in [1.54, 1.807) is 24.3 Å². The summed E-state index contributed by atoms with van der Waals surface area (Å²) in [5, 5.41) is 0. The van der Waals surface area contributed by atoms with Crippen molar-refractivity contribution in [3.63, 3.8) is 0 Å². The highest BCUT2D eigenvalue weighted by molar-refractivity contribution is 7.88. The predicted molar refractivity (Wildman–Crippen MR) is 99.8 cm³/mol. The minimum absolute atomic E-state index is 0.0400. The van der Waals surface area contributed by atoms with Crippen LogP contribution in [-0.4, -0.2) is 54.9 Å². The summed E-state index contributed by atoms with van der Waals surface area (Å²) in [5.41, 5.74) is 1.99. The molecule has 2 aromatic rings. The summed E-state index contributed by atoms with van der Waals surface area (Å²) in [6.07, 6.45) is 4.54. The highest BCUT2D eigenvalue weighted by Crippen LogP contribution is 2.35. The number of nitrogens with zero attached hydrogens (tertiary/aromatic N) is 3. The summed E-state index contributed by atoms with van der Waals surface area (Å²) in [6, 6.07) is 13.5. The maximum Gasteiger partial charge on any atom is 0.227 e. The normalized spacial score (nSPS) is 20.8. The average Bonchev–Trinajstić information content (AvgIpc) is 3.08. The van der Waals surface area contributed by atoms with Gasteiger partial charge in [0.25, 0.3) is 0 Å². The molecule has 7 heteroatoms. The summed E-state index contributed by atoms with van der Waals surface area (Å²) in [4.78, 5) is 18.8. The molecule has 2 atom stereocenters. The first-order valence-corrected chi connectivity index (χ1v) is 10.3. The van der Waals surface area contributed by atoms with E-state index >= 15 is 0 Å². The lowest BCUT2D eigenvalue weighted by Gasteiger charge is -2.24. The van der Waals surface area contributed by atoms with Crippen LogP contribution in [0.3, 0.4) is 0 Å². The van der Waals surface area contributed by atoms with Crippen LogP contribution in [0.5, 0.6) is 0 Å². The van der Waals surface area contributed by atoms with Crippen LogP contribution in [0.1, 0.15) is 17.0 Å². The summed E-state index contributed by atoms with van der Waals surface area (Å²) >= 11 is 0. The monoisotopic (exact) mass is 373 g/mol. The van der Waals surface area contributed by atoms with Crippen LogP contribution >= 0.6 is 0 Å². The molecule has 1 amide bonds. The van der Waals surface area contributed by atoms with E-state index < -0.39 is 15.9 Å². The maximum atomic E-state index is 13.1. The minimum atomic E-state index is -3.35. The number of hydrogen-bond donors (Lipinski definition) is 0. The molecule has 1 aromatic carbocycles. The maximum absolute atomic E-state index is 13.1. The lowest BCUT2D eigenvalue weighted by Crippen LogP contribution is -2.36. The largest absolute Gasteiger partial charge is 0.341 e. The number of benzene rings is 1. The molecule has 2 heterocycles. The molecule has 0 unspecified atom stereocenters. The number of amides is 1. The van der Waals surface area contributed by atoms with Gasteiger partial charge in [-0.1, -0.05) is 30.3 Å². The highest BCUT2D eigenvalue weighted by atomic mass is 32.2. The second-order valence-electron chi connectivity index (χ2n) is 6.75. The number of sulfonamides is 1. The molecule has 0 saturated carbocycles. The molecule has 0 spiro atoms. The van der Waals surface area contributed by atoms with Crippen LogP contribution in [0, 0.1) is 5.92 Å². The van der Waals surface area contributed by atoms with Crippen LogP contribution in [0.4, 0.5) is 0 Å². The first-order chi connectivity index (χ1) is 12.4. The topological polar surface area (TPSA) is 70.6 Å². The first-order valence-electron chi connectivity index (χ1n) is 8.50. The Kier molecular flexibility index (Phi) is 5.38. The van der Waals surface area contributed by atoms with Gasteiger partial charge in [0.1, 0.15) is 0 Å². The van der Waals surface area contributed by atoms with Crippen LogP contribution in [0.25, 0.3) is 0 Å². The van der Waals surface area contributed by atoms with Crippen molar-refractivity contribution in [1.29, 1.82) is 0 Å². The van der Waals surface area contributed by atoms with Gasteiger partial charge in [-0.05, 0) is 23.3 Å². The fourth-order valence-corrected chi connectivity index (χ4v) is 4.32. The molecule has 6 nitrogen and oxygen atoms in total. The second-order valence-corrected chi connectivity index (χ2v) is 8.74. The van der Waals surface area contributed by atoms with Crippen LogP contribution < -0.4 is 0 Å². The Morgan fingerprint density at radius 1 is 1.15 bits per heavy atom. The van der Waals surface area contributed by atoms with Crippen molar-refractivity contribution < 1.29 is 13.2 Å². The van der Waals surface area contributed by atoms with Crippen LogP contribution in [0.2, 0.25) is 0 Å². The Bertz CT molecular complexity index is 856. The third-order valence-corrected chi connectivity index (χ3v) is 6.08. The molecular weight excluding hydrogens is 350 g/mol. The van der Waals surface area contributed by atoms with Gasteiger partial charge in [0, 0.05) is 45.0 Å². The predicted octanol–water partition coefficient (Wildman–Crippen LogP) is 1.72. The number of rotatable bonds is 5. The Labute approximate surface area is 154 Å². The molecule has 138 valence electrons. The van der Waals surface area contributed by atoms with Gasteiger partial charge in [-0.15, -0.1) is 0 Å². The average molecular weight is 373 g/mol. The SMILES string of the molecule is CN(Cc1ccccc1)C(=O)[C@@H]1CN(S(C)(=O)=O)C[C@H]1c1ccncc1. The number of aromatic nitrogens is 1. The lowest BCUT2D eigenvalue weighted by atomic mass is 9.88. The summed E-state index contributed by atoms with van der Waals surface area (Å²) in [7, 11) is -1.58. The van der Waals surface area contributed by atoms with E-state index in [4.69, 9.17) is 0 Å². The second kappa shape index (κ2) is 7.55. The molecular formula is C19H23N3O3S. The number of hydrogen-bond acceptors (Lipinski definition) is 4. The van der Waals surface area contributed by atoms with Crippen LogP contribution in [-0.2, 0) is 21.4 Å². The van der Waals surface area contributed by atoms with Crippen LogP contribution in [0.15, 0.2) is 54.9 Å². The van der Waals surface area contributed by atoms with E-state index in [9.17, 15) is 13.2 Å². The van der Waals surface area contributed by atoms with Gasteiger partial charge >= 0.3 is 0 Å². The van der Waals surface area contributed by atoms with E-state index in [0.717, 1.165) is 11.1 Å². The van der Waals surface area contributed by atoms with Crippen molar-refractivity contribution in [1.82, 2.24) is 14.2 Å². The van der Waals surface area contributed by atoms with Gasteiger partial charge in [0.2, 0.25) is 15.9 Å². The molecule has 0 radical (unpaired) electrons. The fourth-order valence-electron chi connectivity index (χ4n) is 3.46. The molecule has 0 N–H and O–H groups in total. The fraction of sp³-hybridized carbons (Fsp3) is 0.368. The van der Waals surface area contributed by atoms with Gasteiger partial charge in [-0.25, -0.2) is 12.7 Å². The third kappa shape index (κ3) is 4.11. The van der Waals surface area contributed by atoms with Gasteiger partial charge in [0.15, 0.2) is 0 Å². The smallest absolute Gasteiger partial charge is 0.227 e. The summed E-state index contributed by atoms with van der Waals surface area (Å²) < 4.78 is 25.5. The Morgan fingerprint density at radius 3 is 2.42 bits per heavy atom. The Balaban J connectivity index is 1.83. The molecule has 1 fully saturated rings. The minimum Gasteiger partial charge on any atom is -0.341 e. The van der Waals surface area contributed by atoms with E-state index in [1.807, 2.05) is 42.5 Å². The molecule has 0 bridgehead atoms. The molecule has 1 aromatic heterocycles. The Hall–Kier alpha value is -2.25. The van der Waals surface area contributed by atoms with E-state index in [1.165, 1.54) is 10.6 Å². The highest BCUT2D eigenvalue weighted by Gasteiger charge is 2.42. The molecule has 0 aliphatic carbocycles. The third-order valence-electron chi connectivity index (χ3n) is 4.85. The van der Waals surface area contributed by atoms with Gasteiger partial charge < -0.3 is 4.90 Å². The zero-order chi connectivity index (χ0) is 18.7.